The number of carbonyl (C=O) groups is 5. The smallest absolute Gasteiger partial charge is 0.326 e. The van der Waals surface area contributed by atoms with Crippen molar-refractivity contribution in [3.8, 4) is 0 Å². The molecule has 0 bridgehead atoms. The maximum absolute atomic E-state index is 12.5. The van der Waals surface area contributed by atoms with Gasteiger partial charge in [-0.15, -0.1) is 0 Å². The highest BCUT2D eigenvalue weighted by molar-refractivity contribution is 5.94. The predicted octanol–water partition coefficient (Wildman–Crippen LogP) is -1.97. The van der Waals surface area contributed by atoms with Gasteiger partial charge in [-0.2, -0.15) is 0 Å². The van der Waals surface area contributed by atoms with E-state index < -0.39 is 59.9 Å². The Morgan fingerprint density at radius 1 is 0.800 bits per heavy atom. The molecule has 0 aliphatic heterocycles. The van der Waals surface area contributed by atoms with Crippen molar-refractivity contribution in [3.05, 3.63) is 0 Å². The lowest BCUT2D eigenvalue weighted by Crippen LogP contribution is -2.59. The Hall–Kier alpha value is -2.73. The van der Waals surface area contributed by atoms with Crippen molar-refractivity contribution in [1.82, 2.24) is 21.3 Å². The number of hydrogen-bond acceptors (Lipinski definition) is 7. The van der Waals surface area contributed by atoms with Crippen LogP contribution in [0.15, 0.2) is 0 Å². The van der Waals surface area contributed by atoms with Gasteiger partial charge in [-0.25, -0.2) is 4.79 Å². The Balaban J connectivity index is 5.06. The van der Waals surface area contributed by atoms with Gasteiger partial charge < -0.3 is 36.6 Å². The molecule has 0 saturated heterocycles. The zero-order valence-corrected chi connectivity index (χ0v) is 17.8. The standard InChI is InChI=1S/C18H32N4O8/c1-8(2)13(18(29)30)21-15(26)9(3)20-17(28)14(10(4)23)22-16(27)11(19-5)6-7-12(24)25/h8-11,13-14,19,23H,6-7H2,1-5H3,(H,20,28)(H,21,26)(H,22,27)(H,24,25)(H,29,30). The van der Waals surface area contributed by atoms with E-state index in [0.717, 1.165) is 0 Å². The van der Waals surface area contributed by atoms with E-state index in [2.05, 4.69) is 21.3 Å². The minimum Gasteiger partial charge on any atom is -0.481 e. The van der Waals surface area contributed by atoms with Crippen LogP contribution >= 0.6 is 0 Å². The van der Waals surface area contributed by atoms with Crippen LogP contribution in [-0.4, -0.2) is 82.3 Å². The molecule has 0 rings (SSSR count). The molecule has 0 spiro atoms. The second kappa shape index (κ2) is 12.8. The Bertz CT molecular complexity index is 638. The Morgan fingerprint density at radius 3 is 1.73 bits per heavy atom. The maximum Gasteiger partial charge on any atom is 0.326 e. The number of likely N-dealkylation sites (N-methyl/N-ethyl adjacent to an activating group) is 1. The molecule has 0 saturated carbocycles. The molecule has 12 nitrogen and oxygen atoms in total. The molecule has 5 atom stereocenters. The van der Waals surface area contributed by atoms with Crippen LogP contribution in [0, 0.1) is 5.92 Å². The molecule has 0 aliphatic carbocycles. The Kier molecular flexibility index (Phi) is 11.6. The fourth-order valence-electron chi connectivity index (χ4n) is 2.49. The molecule has 0 aromatic heterocycles. The summed E-state index contributed by atoms with van der Waals surface area (Å²) >= 11 is 0. The van der Waals surface area contributed by atoms with Crippen molar-refractivity contribution in [1.29, 1.82) is 0 Å². The quantitative estimate of drug-likeness (QED) is 0.173. The number of amides is 3. The molecule has 3 amide bonds. The number of aliphatic carboxylic acids is 2. The van der Waals surface area contributed by atoms with Crippen molar-refractivity contribution in [2.75, 3.05) is 7.05 Å². The third-order valence-electron chi connectivity index (χ3n) is 4.36. The molecule has 5 unspecified atom stereocenters. The highest BCUT2D eigenvalue weighted by Crippen LogP contribution is 2.04. The van der Waals surface area contributed by atoms with Gasteiger partial charge in [-0.1, -0.05) is 13.8 Å². The second-order valence-corrected chi connectivity index (χ2v) is 7.30. The minimum atomic E-state index is -1.41. The molecule has 0 aliphatic rings. The van der Waals surface area contributed by atoms with E-state index in [1.165, 1.54) is 20.9 Å². The van der Waals surface area contributed by atoms with Gasteiger partial charge in [0.15, 0.2) is 0 Å². The second-order valence-electron chi connectivity index (χ2n) is 7.30. The number of aliphatic hydroxyl groups excluding tert-OH is 1. The average molecular weight is 432 g/mol. The van der Waals surface area contributed by atoms with Crippen LogP contribution in [0.1, 0.15) is 40.5 Å². The summed E-state index contributed by atoms with van der Waals surface area (Å²) in [5, 5.41) is 37.4. The number of aliphatic hydroxyl groups is 1. The summed E-state index contributed by atoms with van der Waals surface area (Å²) in [7, 11) is 1.45. The third-order valence-corrected chi connectivity index (χ3v) is 4.36. The van der Waals surface area contributed by atoms with Gasteiger partial charge in [0.25, 0.3) is 0 Å². The van der Waals surface area contributed by atoms with Crippen molar-refractivity contribution < 1.29 is 39.3 Å². The van der Waals surface area contributed by atoms with Gasteiger partial charge in [-0.05, 0) is 33.2 Å². The van der Waals surface area contributed by atoms with E-state index in [1.807, 2.05) is 0 Å². The number of carboxylic acid groups (broad SMARTS) is 2. The van der Waals surface area contributed by atoms with Crippen molar-refractivity contribution in [2.24, 2.45) is 5.92 Å². The van der Waals surface area contributed by atoms with E-state index in [0.29, 0.717) is 0 Å². The summed E-state index contributed by atoms with van der Waals surface area (Å²) in [5.74, 6) is -4.98. The fraction of sp³-hybridized carbons (Fsp3) is 0.722. The van der Waals surface area contributed by atoms with E-state index in [4.69, 9.17) is 10.2 Å². The molecule has 0 fully saturated rings. The topological polar surface area (TPSA) is 194 Å². The van der Waals surface area contributed by atoms with Crippen molar-refractivity contribution in [2.45, 2.75) is 70.8 Å². The number of hydrogen-bond donors (Lipinski definition) is 7. The summed E-state index contributed by atoms with van der Waals surface area (Å²) in [6.07, 6.45) is -1.62. The maximum atomic E-state index is 12.5. The van der Waals surface area contributed by atoms with Crippen LogP contribution < -0.4 is 21.3 Å². The van der Waals surface area contributed by atoms with Crippen molar-refractivity contribution >= 4 is 29.7 Å². The Labute approximate surface area is 174 Å². The number of rotatable bonds is 13. The molecule has 0 aromatic rings. The lowest BCUT2D eigenvalue weighted by Gasteiger charge is -2.26. The first-order valence-electron chi connectivity index (χ1n) is 9.52. The van der Waals surface area contributed by atoms with Gasteiger partial charge in [0.1, 0.15) is 18.1 Å². The summed E-state index contributed by atoms with van der Waals surface area (Å²) in [4.78, 5) is 58.9. The summed E-state index contributed by atoms with van der Waals surface area (Å²) < 4.78 is 0. The van der Waals surface area contributed by atoms with E-state index in [9.17, 15) is 29.1 Å². The predicted molar refractivity (Wildman–Crippen MR) is 105 cm³/mol. The zero-order valence-electron chi connectivity index (χ0n) is 17.8. The number of carboxylic acids is 2. The SMILES string of the molecule is CNC(CCC(=O)O)C(=O)NC(C(=O)NC(C)C(=O)NC(C(=O)O)C(C)C)C(C)O. The molecule has 30 heavy (non-hydrogen) atoms. The van der Waals surface area contributed by atoms with Gasteiger partial charge in [0, 0.05) is 6.42 Å². The highest BCUT2D eigenvalue weighted by atomic mass is 16.4. The largest absolute Gasteiger partial charge is 0.481 e. The highest BCUT2D eigenvalue weighted by Gasteiger charge is 2.31. The fourth-order valence-corrected chi connectivity index (χ4v) is 2.49. The van der Waals surface area contributed by atoms with Crippen LogP contribution in [0.4, 0.5) is 0 Å². The van der Waals surface area contributed by atoms with Crippen LogP contribution in [0.2, 0.25) is 0 Å². The van der Waals surface area contributed by atoms with Crippen molar-refractivity contribution in [3.63, 3.8) is 0 Å². The first-order chi connectivity index (χ1) is 13.8. The normalized spacial score (nSPS) is 16.0. The lowest BCUT2D eigenvalue weighted by atomic mass is 10.0. The molecule has 7 N–H and O–H groups in total. The lowest BCUT2D eigenvalue weighted by molar-refractivity contribution is -0.143. The van der Waals surface area contributed by atoms with Crippen LogP contribution in [0.5, 0.6) is 0 Å². The van der Waals surface area contributed by atoms with Crippen LogP contribution in [-0.2, 0) is 24.0 Å². The van der Waals surface area contributed by atoms with E-state index in [-0.39, 0.29) is 18.8 Å². The molecule has 0 radical (unpaired) electrons. The summed E-state index contributed by atoms with van der Waals surface area (Å²) in [6.45, 7) is 5.82. The molecule has 0 aromatic carbocycles. The molecule has 12 heteroatoms. The van der Waals surface area contributed by atoms with Crippen LogP contribution in [0.25, 0.3) is 0 Å². The first kappa shape index (κ1) is 27.3. The molecule has 0 heterocycles. The van der Waals surface area contributed by atoms with Gasteiger partial charge in [0.2, 0.25) is 17.7 Å². The van der Waals surface area contributed by atoms with Gasteiger partial charge in [0.05, 0.1) is 12.1 Å². The number of nitrogens with one attached hydrogen (secondary N) is 4. The minimum absolute atomic E-state index is 0.0313. The molecular formula is C18H32N4O8. The van der Waals surface area contributed by atoms with Crippen LogP contribution in [0.3, 0.4) is 0 Å². The first-order valence-corrected chi connectivity index (χ1v) is 9.52. The summed E-state index contributed by atoms with van der Waals surface area (Å²) in [6, 6.07) is -4.59. The monoisotopic (exact) mass is 432 g/mol. The third kappa shape index (κ3) is 9.18. The molecular weight excluding hydrogens is 400 g/mol. The Morgan fingerprint density at radius 2 is 1.33 bits per heavy atom. The van der Waals surface area contributed by atoms with Gasteiger partial charge in [-0.3, -0.25) is 19.2 Å². The summed E-state index contributed by atoms with van der Waals surface area (Å²) in [5.41, 5.74) is 0. The van der Waals surface area contributed by atoms with E-state index >= 15 is 0 Å². The van der Waals surface area contributed by atoms with E-state index in [1.54, 1.807) is 13.8 Å². The number of carbonyl (C=O) groups excluding carboxylic acids is 3. The zero-order chi connectivity index (χ0) is 23.6. The average Bonchev–Trinajstić information content (AvgIpc) is 2.62. The van der Waals surface area contributed by atoms with Gasteiger partial charge >= 0.3 is 11.9 Å². The molecule has 172 valence electrons.